The number of carbonyl (C=O) groups is 1. The van der Waals surface area contributed by atoms with Gasteiger partial charge in [-0.25, -0.2) is 0 Å². The second-order valence-corrected chi connectivity index (χ2v) is 5.54. The van der Waals surface area contributed by atoms with Crippen LogP contribution in [0.1, 0.15) is 32.3 Å². The Morgan fingerprint density at radius 3 is 2.14 bits per heavy atom. The van der Waals surface area contributed by atoms with Crippen LogP contribution in [0.4, 0.5) is 17.1 Å². The van der Waals surface area contributed by atoms with Gasteiger partial charge in [0.1, 0.15) is 0 Å². The fraction of sp³-hybridized carbons (Fsp3) is 0.316. The maximum absolute atomic E-state index is 12.3. The highest BCUT2D eigenvalue weighted by Gasteiger charge is 2.15. The molecule has 116 valence electrons. The zero-order valence-electron chi connectivity index (χ0n) is 13.5. The van der Waals surface area contributed by atoms with Gasteiger partial charge < -0.3 is 10.6 Å². The molecule has 0 radical (unpaired) electrons. The van der Waals surface area contributed by atoms with E-state index in [4.69, 9.17) is 0 Å². The Balaban J connectivity index is 2.16. The van der Waals surface area contributed by atoms with Crippen LogP contribution in [0.3, 0.4) is 0 Å². The Hall–Kier alpha value is -2.29. The molecule has 2 aromatic carbocycles. The first-order chi connectivity index (χ1) is 10.6. The van der Waals surface area contributed by atoms with Crippen LogP contribution in [0, 0.1) is 12.8 Å². The number of anilines is 3. The summed E-state index contributed by atoms with van der Waals surface area (Å²) in [5.41, 5.74) is 3.96. The molecule has 0 unspecified atom stereocenters. The smallest absolute Gasteiger partial charge is 0.227 e. The van der Waals surface area contributed by atoms with Gasteiger partial charge >= 0.3 is 0 Å². The molecule has 0 aliphatic carbocycles. The van der Waals surface area contributed by atoms with Crippen LogP contribution in [0.5, 0.6) is 0 Å². The highest BCUT2D eigenvalue weighted by molar-refractivity contribution is 5.96. The summed E-state index contributed by atoms with van der Waals surface area (Å²) < 4.78 is 0. The maximum Gasteiger partial charge on any atom is 0.227 e. The summed E-state index contributed by atoms with van der Waals surface area (Å²) >= 11 is 0. The van der Waals surface area contributed by atoms with E-state index >= 15 is 0 Å². The van der Waals surface area contributed by atoms with Gasteiger partial charge in [-0.15, -0.1) is 0 Å². The van der Waals surface area contributed by atoms with Crippen molar-refractivity contribution in [2.24, 2.45) is 5.92 Å². The number of aryl methyl sites for hydroxylation is 1. The number of benzene rings is 2. The number of carbonyl (C=O) groups excluding carboxylic acids is 1. The van der Waals surface area contributed by atoms with Crippen molar-refractivity contribution in [2.45, 2.75) is 33.6 Å². The molecule has 0 spiro atoms. The van der Waals surface area contributed by atoms with Crippen LogP contribution in [0.25, 0.3) is 0 Å². The quantitative estimate of drug-likeness (QED) is 0.777. The van der Waals surface area contributed by atoms with Crippen molar-refractivity contribution in [2.75, 3.05) is 10.6 Å². The first kappa shape index (κ1) is 16.1. The first-order valence-electron chi connectivity index (χ1n) is 7.87. The lowest BCUT2D eigenvalue weighted by Gasteiger charge is -2.16. The molecule has 3 nitrogen and oxygen atoms in total. The van der Waals surface area contributed by atoms with Crippen molar-refractivity contribution in [3.63, 3.8) is 0 Å². The summed E-state index contributed by atoms with van der Waals surface area (Å²) in [5.74, 6) is 0.149. The van der Waals surface area contributed by atoms with Crippen molar-refractivity contribution >= 4 is 23.0 Å². The molecule has 22 heavy (non-hydrogen) atoms. The lowest BCUT2D eigenvalue weighted by atomic mass is 10.0. The predicted molar refractivity (Wildman–Crippen MR) is 93.6 cm³/mol. The van der Waals surface area contributed by atoms with E-state index in [1.165, 1.54) is 5.56 Å². The van der Waals surface area contributed by atoms with E-state index in [1.807, 2.05) is 50.2 Å². The Morgan fingerprint density at radius 2 is 1.55 bits per heavy atom. The largest absolute Gasteiger partial charge is 0.354 e. The fourth-order valence-electron chi connectivity index (χ4n) is 2.39. The molecule has 0 atom stereocenters. The molecule has 0 heterocycles. The molecule has 2 aromatic rings. The van der Waals surface area contributed by atoms with Gasteiger partial charge in [0.15, 0.2) is 0 Å². The molecular formula is C19H24N2O. The number of hydrogen-bond donors (Lipinski definition) is 2. The summed E-state index contributed by atoms with van der Waals surface area (Å²) in [4.78, 5) is 12.3. The van der Waals surface area contributed by atoms with Crippen molar-refractivity contribution < 1.29 is 4.79 Å². The molecular weight excluding hydrogens is 272 g/mol. The van der Waals surface area contributed by atoms with Crippen LogP contribution in [-0.4, -0.2) is 5.91 Å². The summed E-state index contributed by atoms with van der Waals surface area (Å²) in [6.45, 7) is 6.15. The van der Waals surface area contributed by atoms with Crippen LogP contribution in [-0.2, 0) is 4.79 Å². The number of nitrogens with one attached hydrogen (secondary N) is 2. The normalized spacial score (nSPS) is 10.5. The maximum atomic E-state index is 12.3. The van der Waals surface area contributed by atoms with E-state index in [1.54, 1.807) is 0 Å². The van der Waals surface area contributed by atoms with E-state index in [0.717, 1.165) is 29.9 Å². The van der Waals surface area contributed by atoms with Crippen LogP contribution >= 0.6 is 0 Å². The lowest BCUT2D eigenvalue weighted by molar-refractivity contribution is -0.120. The van der Waals surface area contributed by atoms with Gasteiger partial charge in [-0.1, -0.05) is 43.7 Å². The molecule has 0 aliphatic heterocycles. The van der Waals surface area contributed by atoms with E-state index in [9.17, 15) is 4.79 Å². The van der Waals surface area contributed by atoms with Crippen molar-refractivity contribution in [1.29, 1.82) is 0 Å². The number of para-hydroxylation sites is 2. The molecule has 0 aliphatic rings. The Labute approximate surface area is 132 Å². The molecule has 1 amide bonds. The second-order valence-electron chi connectivity index (χ2n) is 5.54. The van der Waals surface area contributed by atoms with Crippen molar-refractivity contribution in [1.82, 2.24) is 0 Å². The van der Waals surface area contributed by atoms with Gasteiger partial charge in [0.05, 0.1) is 11.4 Å². The van der Waals surface area contributed by atoms with E-state index in [0.29, 0.717) is 0 Å². The van der Waals surface area contributed by atoms with Gasteiger partial charge in [-0.3, -0.25) is 4.79 Å². The number of amides is 1. The first-order valence-corrected chi connectivity index (χ1v) is 7.87. The Bertz CT molecular complexity index is 616. The molecule has 0 saturated heterocycles. The minimum absolute atomic E-state index is 0.0624. The molecule has 0 saturated carbocycles. The monoisotopic (exact) mass is 296 g/mol. The molecule has 0 bridgehead atoms. The standard InChI is InChI=1S/C19H24N2O/c1-4-15(5-2)19(22)21-18-9-7-6-8-17(18)20-16-12-10-14(3)11-13-16/h6-13,15,20H,4-5H2,1-3H3,(H,21,22). The average Bonchev–Trinajstić information content (AvgIpc) is 2.52. The highest BCUT2D eigenvalue weighted by Crippen LogP contribution is 2.26. The Kier molecular flexibility index (Phi) is 5.59. The van der Waals surface area contributed by atoms with E-state index in [2.05, 4.69) is 29.7 Å². The zero-order valence-corrected chi connectivity index (χ0v) is 13.5. The van der Waals surface area contributed by atoms with Gasteiger partial charge in [0, 0.05) is 11.6 Å². The van der Waals surface area contributed by atoms with Gasteiger partial charge in [0.25, 0.3) is 0 Å². The van der Waals surface area contributed by atoms with Gasteiger partial charge in [-0.05, 0) is 44.0 Å². The average molecular weight is 296 g/mol. The molecule has 0 aromatic heterocycles. The summed E-state index contributed by atoms with van der Waals surface area (Å²) in [7, 11) is 0. The number of rotatable bonds is 6. The SMILES string of the molecule is CCC(CC)C(=O)Nc1ccccc1Nc1ccc(C)cc1. The Morgan fingerprint density at radius 1 is 0.955 bits per heavy atom. The molecule has 2 rings (SSSR count). The summed E-state index contributed by atoms with van der Waals surface area (Å²) in [6.07, 6.45) is 1.71. The minimum atomic E-state index is 0.0624. The van der Waals surface area contributed by atoms with E-state index in [-0.39, 0.29) is 11.8 Å². The fourth-order valence-corrected chi connectivity index (χ4v) is 2.39. The van der Waals surface area contributed by atoms with Crippen molar-refractivity contribution in [3.05, 3.63) is 54.1 Å². The summed E-state index contributed by atoms with van der Waals surface area (Å²) in [6, 6.07) is 16.0. The topological polar surface area (TPSA) is 41.1 Å². The van der Waals surface area contributed by atoms with Gasteiger partial charge in [0.2, 0.25) is 5.91 Å². The van der Waals surface area contributed by atoms with E-state index < -0.39 is 0 Å². The van der Waals surface area contributed by atoms with Crippen LogP contribution in [0.15, 0.2) is 48.5 Å². The van der Waals surface area contributed by atoms with Crippen LogP contribution in [0.2, 0.25) is 0 Å². The zero-order chi connectivity index (χ0) is 15.9. The third-order valence-corrected chi connectivity index (χ3v) is 3.87. The summed E-state index contributed by atoms with van der Waals surface area (Å²) in [5, 5.41) is 6.41. The third-order valence-electron chi connectivity index (χ3n) is 3.87. The van der Waals surface area contributed by atoms with Crippen molar-refractivity contribution in [3.8, 4) is 0 Å². The minimum Gasteiger partial charge on any atom is -0.354 e. The lowest BCUT2D eigenvalue weighted by Crippen LogP contribution is -2.22. The molecule has 0 fully saturated rings. The second kappa shape index (κ2) is 7.64. The van der Waals surface area contributed by atoms with Gasteiger partial charge in [-0.2, -0.15) is 0 Å². The predicted octanol–water partition coefficient (Wildman–Crippen LogP) is 5.11. The number of hydrogen-bond acceptors (Lipinski definition) is 2. The molecule has 3 heteroatoms. The highest BCUT2D eigenvalue weighted by atomic mass is 16.1. The molecule has 2 N–H and O–H groups in total. The third kappa shape index (κ3) is 4.10. The van der Waals surface area contributed by atoms with Crippen LogP contribution < -0.4 is 10.6 Å².